The van der Waals surface area contributed by atoms with Crippen LogP contribution < -0.4 is 5.32 Å². The lowest BCUT2D eigenvalue weighted by molar-refractivity contribution is 0.122. The lowest BCUT2D eigenvalue weighted by Crippen LogP contribution is -2.33. The molecule has 1 unspecified atom stereocenters. The van der Waals surface area contributed by atoms with Crippen LogP contribution in [0.25, 0.3) is 0 Å². The highest BCUT2D eigenvalue weighted by atomic mass is 16.3. The van der Waals surface area contributed by atoms with Crippen molar-refractivity contribution in [1.29, 1.82) is 0 Å². The summed E-state index contributed by atoms with van der Waals surface area (Å²) in [7, 11) is 0. The van der Waals surface area contributed by atoms with Crippen molar-refractivity contribution in [2.75, 3.05) is 13.2 Å². The second-order valence-corrected chi connectivity index (χ2v) is 4.75. The monoisotopic (exact) mass is 219 g/mol. The average molecular weight is 219 g/mol. The molecule has 0 saturated heterocycles. The molecule has 1 aromatic rings. The fourth-order valence-corrected chi connectivity index (χ4v) is 2.29. The molecule has 16 heavy (non-hydrogen) atoms. The zero-order valence-corrected chi connectivity index (χ0v) is 9.73. The topological polar surface area (TPSA) is 32.3 Å². The maximum absolute atomic E-state index is 9.32. The van der Waals surface area contributed by atoms with E-state index in [1.807, 2.05) is 6.07 Å². The molecule has 0 aliphatic heterocycles. The second kappa shape index (κ2) is 6.02. The summed E-state index contributed by atoms with van der Waals surface area (Å²) in [6, 6.07) is 10.4. The molecule has 0 spiro atoms. The van der Waals surface area contributed by atoms with Gasteiger partial charge in [-0.2, -0.15) is 0 Å². The summed E-state index contributed by atoms with van der Waals surface area (Å²) < 4.78 is 0. The van der Waals surface area contributed by atoms with Gasteiger partial charge in [-0.15, -0.1) is 0 Å². The molecule has 0 radical (unpaired) electrons. The molecule has 0 bridgehead atoms. The molecule has 1 aliphatic rings. The first kappa shape index (κ1) is 11.6. The molecule has 2 heteroatoms. The number of aliphatic hydroxyl groups excluding tert-OH is 1. The molecular formula is C14H21NO. The second-order valence-electron chi connectivity index (χ2n) is 4.75. The van der Waals surface area contributed by atoms with E-state index in [2.05, 4.69) is 29.6 Å². The van der Waals surface area contributed by atoms with Gasteiger partial charge in [-0.25, -0.2) is 0 Å². The lowest BCUT2D eigenvalue weighted by atomic mass is 9.76. The van der Waals surface area contributed by atoms with Gasteiger partial charge in [0.25, 0.3) is 0 Å². The van der Waals surface area contributed by atoms with Crippen molar-refractivity contribution in [3.63, 3.8) is 0 Å². The molecule has 2 nitrogen and oxygen atoms in total. The van der Waals surface area contributed by atoms with Gasteiger partial charge in [0.05, 0.1) is 0 Å². The first-order chi connectivity index (χ1) is 7.90. The molecule has 1 atom stereocenters. The van der Waals surface area contributed by atoms with Gasteiger partial charge in [-0.3, -0.25) is 0 Å². The van der Waals surface area contributed by atoms with Gasteiger partial charge in [-0.05, 0) is 17.4 Å². The van der Waals surface area contributed by atoms with E-state index in [9.17, 15) is 5.11 Å². The molecule has 0 aromatic heterocycles. The predicted octanol–water partition coefficient (Wildman–Crippen LogP) is 2.18. The minimum Gasteiger partial charge on any atom is -0.396 e. The van der Waals surface area contributed by atoms with E-state index in [4.69, 9.17) is 0 Å². The maximum Gasteiger partial charge on any atom is 0.0474 e. The Balaban J connectivity index is 1.70. The van der Waals surface area contributed by atoms with E-state index in [1.165, 1.54) is 24.8 Å². The first-order valence-corrected chi connectivity index (χ1v) is 6.25. The highest BCUT2D eigenvalue weighted by Gasteiger charge is 2.26. The van der Waals surface area contributed by atoms with Crippen LogP contribution in [0.15, 0.2) is 30.3 Å². The van der Waals surface area contributed by atoms with Crippen LogP contribution in [0.3, 0.4) is 0 Å². The Hall–Kier alpha value is -0.860. The smallest absolute Gasteiger partial charge is 0.0474 e. The third-order valence-electron chi connectivity index (χ3n) is 3.63. The largest absolute Gasteiger partial charge is 0.396 e. The first-order valence-electron chi connectivity index (χ1n) is 6.25. The fourth-order valence-electron chi connectivity index (χ4n) is 2.29. The van der Waals surface area contributed by atoms with Crippen LogP contribution in [-0.2, 0) is 6.54 Å². The molecule has 1 saturated carbocycles. The van der Waals surface area contributed by atoms with Gasteiger partial charge in [0.15, 0.2) is 0 Å². The van der Waals surface area contributed by atoms with Gasteiger partial charge >= 0.3 is 0 Å². The number of hydrogen-bond acceptors (Lipinski definition) is 2. The molecule has 2 N–H and O–H groups in total. The highest BCUT2D eigenvalue weighted by molar-refractivity contribution is 5.14. The molecular weight excluding hydrogens is 198 g/mol. The number of benzene rings is 1. The molecule has 1 fully saturated rings. The van der Waals surface area contributed by atoms with Crippen molar-refractivity contribution in [1.82, 2.24) is 5.32 Å². The summed E-state index contributed by atoms with van der Waals surface area (Å²) in [6.45, 7) is 2.17. The van der Waals surface area contributed by atoms with Crippen molar-refractivity contribution in [2.45, 2.75) is 25.8 Å². The molecule has 88 valence electrons. The van der Waals surface area contributed by atoms with Crippen LogP contribution in [0.4, 0.5) is 0 Å². The number of nitrogens with one attached hydrogen (secondary N) is 1. The standard InChI is InChI=1S/C14H21NO/c16-11-14(13-7-4-8-13)10-15-9-12-5-2-1-3-6-12/h1-3,5-6,13-16H,4,7-11H2. The normalized spacial score (nSPS) is 18.1. The van der Waals surface area contributed by atoms with Crippen molar-refractivity contribution in [3.8, 4) is 0 Å². The summed E-state index contributed by atoms with van der Waals surface area (Å²) in [6.07, 6.45) is 3.95. The Kier molecular flexibility index (Phi) is 4.37. The predicted molar refractivity (Wildman–Crippen MR) is 66.1 cm³/mol. The Bertz CT molecular complexity index is 295. The Labute approximate surface area is 97.7 Å². The minimum atomic E-state index is 0.326. The minimum absolute atomic E-state index is 0.326. The number of hydrogen-bond donors (Lipinski definition) is 2. The van der Waals surface area contributed by atoms with Crippen molar-refractivity contribution in [3.05, 3.63) is 35.9 Å². The maximum atomic E-state index is 9.32. The zero-order valence-electron chi connectivity index (χ0n) is 9.73. The SMILES string of the molecule is OCC(CNCc1ccccc1)C1CCC1. The molecule has 1 aliphatic carbocycles. The van der Waals surface area contributed by atoms with Crippen LogP contribution in [0.5, 0.6) is 0 Å². The average Bonchev–Trinajstić information content (AvgIpc) is 2.26. The van der Waals surface area contributed by atoms with Crippen LogP contribution in [0.2, 0.25) is 0 Å². The van der Waals surface area contributed by atoms with Gasteiger partial charge < -0.3 is 10.4 Å². The van der Waals surface area contributed by atoms with E-state index in [1.54, 1.807) is 0 Å². The summed E-state index contributed by atoms with van der Waals surface area (Å²) >= 11 is 0. The number of rotatable bonds is 6. The molecule has 2 rings (SSSR count). The van der Waals surface area contributed by atoms with Crippen LogP contribution in [-0.4, -0.2) is 18.3 Å². The number of aliphatic hydroxyl groups is 1. The summed E-state index contributed by atoms with van der Waals surface area (Å²) in [5, 5.41) is 12.8. The summed E-state index contributed by atoms with van der Waals surface area (Å²) in [5.74, 6) is 1.21. The third kappa shape index (κ3) is 3.06. The van der Waals surface area contributed by atoms with E-state index in [0.717, 1.165) is 19.0 Å². The molecule has 0 amide bonds. The Morgan fingerprint density at radius 1 is 1.25 bits per heavy atom. The van der Waals surface area contributed by atoms with Gasteiger partial charge in [0.2, 0.25) is 0 Å². The van der Waals surface area contributed by atoms with Crippen molar-refractivity contribution in [2.24, 2.45) is 11.8 Å². The van der Waals surface area contributed by atoms with E-state index in [0.29, 0.717) is 12.5 Å². The zero-order chi connectivity index (χ0) is 11.2. The highest BCUT2D eigenvalue weighted by Crippen LogP contribution is 2.32. The Morgan fingerprint density at radius 3 is 2.56 bits per heavy atom. The van der Waals surface area contributed by atoms with Crippen LogP contribution in [0.1, 0.15) is 24.8 Å². The van der Waals surface area contributed by atoms with Gasteiger partial charge in [0, 0.05) is 19.7 Å². The fraction of sp³-hybridized carbons (Fsp3) is 0.571. The third-order valence-corrected chi connectivity index (χ3v) is 3.63. The van der Waals surface area contributed by atoms with Crippen LogP contribution >= 0.6 is 0 Å². The van der Waals surface area contributed by atoms with Gasteiger partial charge in [0.1, 0.15) is 0 Å². The van der Waals surface area contributed by atoms with Crippen molar-refractivity contribution >= 4 is 0 Å². The molecule has 1 aromatic carbocycles. The Morgan fingerprint density at radius 2 is 2.00 bits per heavy atom. The van der Waals surface area contributed by atoms with E-state index >= 15 is 0 Å². The molecule has 0 heterocycles. The quantitative estimate of drug-likeness (QED) is 0.768. The summed E-state index contributed by atoms with van der Waals surface area (Å²) in [4.78, 5) is 0. The lowest BCUT2D eigenvalue weighted by Gasteiger charge is -2.32. The van der Waals surface area contributed by atoms with Crippen molar-refractivity contribution < 1.29 is 5.11 Å². The van der Waals surface area contributed by atoms with Gasteiger partial charge in [-0.1, -0.05) is 49.6 Å². The van der Waals surface area contributed by atoms with E-state index in [-0.39, 0.29) is 0 Å². The van der Waals surface area contributed by atoms with Crippen LogP contribution in [0, 0.1) is 11.8 Å². The van der Waals surface area contributed by atoms with E-state index < -0.39 is 0 Å². The summed E-state index contributed by atoms with van der Waals surface area (Å²) in [5.41, 5.74) is 1.31.